The average molecular weight is 298 g/mol. The van der Waals surface area contributed by atoms with E-state index in [0.717, 1.165) is 23.5 Å². The third-order valence-corrected chi connectivity index (χ3v) is 4.63. The molecule has 0 bridgehead atoms. The first-order chi connectivity index (χ1) is 10.4. The molecule has 2 aromatic carbocycles. The van der Waals surface area contributed by atoms with Crippen molar-refractivity contribution in [3.8, 4) is 0 Å². The number of fused-ring (bicyclic) bond motifs is 1. The first kappa shape index (κ1) is 14.9. The monoisotopic (exact) mass is 298 g/mol. The van der Waals surface area contributed by atoms with Gasteiger partial charge in [0.1, 0.15) is 5.82 Å². The summed E-state index contributed by atoms with van der Waals surface area (Å²) >= 11 is 0. The van der Waals surface area contributed by atoms with Gasteiger partial charge in [-0.3, -0.25) is 0 Å². The van der Waals surface area contributed by atoms with Gasteiger partial charge in [0.25, 0.3) is 0 Å². The molecular formula is C19H23FN2. The highest BCUT2D eigenvalue weighted by atomic mass is 19.1. The van der Waals surface area contributed by atoms with Gasteiger partial charge < -0.3 is 10.2 Å². The molecule has 0 radical (unpaired) electrons. The summed E-state index contributed by atoms with van der Waals surface area (Å²) in [6.07, 6.45) is 0. The average Bonchev–Trinajstić information content (AvgIpc) is 2.46. The van der Waals surface area contributed by atoms with Crippen LogP contribution in [-0.2, 0) is 6.54 Å². The van der Waals surface area contributed by atoms with Crippen molar-refractivity contribution in [3.05, 3.63) is 58.9 Å². The van der Waals surface area contributed by atoms with Crippen LogP contribution in [0.2, 0.25) is 0 Å². The van der Waals surface area contributed by atoms with Crippen LogP contribution in [-0.4, -0.2) is 12.1 Å². The van der Waals surface area contributed by atoms with Gasteiger partial charge in [0.2, 0.25) is 0 Å². The SMILES string of the molecule is Cc1cc2c(cc1C)N(Cc1ccccc1F)C(C)(C)CN2. The third-order valence-electron chi connectivity index (χ3n) is 4.63. The molecule has 0 amide bonds. The predicted molar refractivity (Wildman–Crippen MR) is 91.1 cm³/mol. The Labute approximate surface area is 132 Å². The van der Waals surface area contributed by atoms with Crippen LogP contribution in [0.15, 0.2) is 36.4 Å². The fourth-order valence-corrected chi connectivity index (χ4v) is 3.00. The summed E-state index contributed by atoms with van der Waals surface area (Å²) in [5.74, 6) is -0.137. The maximum absolute atomic E-state index is 14.1. The van der Waals surface area contributed by atoms with Crippen LogP contribution >= 0.6 is 0 Å². The number of nitrogens with zero attached hydrogens (tertiary/aromatic N) is 1. The van der Waals surface area contributed by atoms with Gasteiger partial charge in [-0.1, -0.05) is 18.2 Å². The number of hydrogen-bond acceptors (Lipinski definition) is 2. The van der Waals surface area contributed by atoms with Crippen LogP contribution in [0.3, 0.4) is 0 Å². The molecule has 2 aromatic rings. The number of anilines is 2. The Kier molecular flexibility index (Phi) is 3.59. The molecule has 3 heteroatoms. The summed E-state index contributed by atoms with van der Waals surface area (Å²) in [4.78, 5) is 2.31. The van der Waals surface area contributed by atoms with Gasteiger partial charge in [0.15, 0.2) is 0 Å². The second kappa shape index (κ2) is 5.31. The molecule has 0 saturated heterocycles. The highest BCUT2D eigenvalue weighted by molar-refractivity contribution is 5.75. The van der Waals surface area contributed by atoms with Crippen molar-refractivity contribution in [1.29, 1.82) is 0 Å². The lowest BCUT2D eigenvalue weighted by Crippen LogP contribution is -2.51. The van der Waals surface area contributed by atoms with Crippen molar-refractivity contribution in [1.82, 2.24) is 0 Å². The van der Waals surface area contributed by atoms with Gasteiger partial charge in [0, 0.05) is 18.7 Å². The highest BCUT2D eigenvalue weighted by Crippen LogP contribution is 2.39. The number of hydrogen-bond donors (Lipinski definition) is 1. The lowest BCUT2D eigenvalue weighted by Gasteiger charge is -2.46. The second-order valence-corrected chi connectivity index (χ2v) is 6.80. The molecule has 1 aliphatic heterocycles. The minimum Gasteiger partial charge on any atom is -0.381 e. The number of benzene rings is 2. The molecule has 0 fully saturated rings. The summed E-state index contributed by atoms with van der Waals surface area (Å²) in [5, 5.41) is 3.52. The van der Waals surface area contributed by atoms with Crippen LogP contribution in [0.4, 0.5) is 15.8 Å². The van der Waals surface area contributed by atoms with Gasteiger partial charge in [-0.05, 0) is 57.0 Å². The van der Waals surface area contributed by atoms with E-state index in [0.29, 0.717) is 6.54 Å². The Bertz CT molecular complexity index is 707. The van der Waals surface area contributed by atoms with E-state index in [2.05, 4.69) is 50.0 Å². The van der Waals surface area contributed by atoms with Crippen molar-refractivity contribution in [2.75, 3.05) is 16.8 Å². The summed E-state index contributed by atoms with van der Waals surface area (Å²) in [7, 11) is 0. The van der Waals surface area contributed by atoms with E-state index in [1.165, 1.54) is 17.2 Å². The molecule has 1 aliphatic rings. The fraction of sp³-hybridized carbons (Fsp3) is 0.368. The van der Waals surface area contributed by atoms with E-state index < -0.39 is 0 Å². The van der Waals surface area contributed by atoms with Crippen LogP contribution < -0.4 is 10.2 Å². The van der Waals surface area contributed by atoms with E-state index in [9.17, 15) is 4.39 Å². The topological polar surface area (TPSA) is 15.3 Å². The van der Waals surface area contributed by atoms with E-state index in [4.69, 9.17) is 0 Å². The molecule has 0 aromatic heterocycles. The zero-order valence-corrected chi connectivity index (χ0v) is 13.7. The summed E-state index contributed by atoms with van der Waals surface area (Å²) in [6, 6.07) is 11.4. The molecule has 1 N–H and O–H groups in total. The van der Waals surface area contributed by atoms with E-state index in [-0.39, 0.29) is 11.4 Å². The number of nitrogens with one attached hydrogen (secondary N) is 1. The highest BCUT2D eigenvalue weighted by Gasteiger charge is 2.33. The van der Waals surface area contributed by atoms with E-state index in [1.54, 1.807) is 6.07 Å². The van der Waals surface area contributed by atoms with Crippen LogP contribution in [0, 0.1) is 19.7 Å². The van der Waals surface area contributed by atoms with Crippen molar-refractivity contribution < 1.29 is 4.39 Å². The van der Waals surface area contributed by atoms with E-state index in [1.807, 2.05) is 12.1 Å². The molecule has 2 nitrogen and oxygen atoms in total. The lowest BCUT2D eigenvalue weighted by molar-refractivity contribution is 0.463. The Morgan fingerprint density at radius 1 is 1.14 bits per heavy atom. The normalized spacial score (nSPS) is 16.1. The number of halogens is 1. The van der Waals surface area contributed by atoms with Gasteiger partial charge in [-0.25, -0.2) is 4.39 Å². The van der Waals surface area contributed by atoms with Gasteiger partial charge in [0.05, 0.1) is 16.9 Å². The molecule has 0 unspecified atom stereocenters. The summed E-state index contributed by atoms with van der Waals surface area (Å²) in [6.45, 7) is 10.1. The Balaban J connectivity index is 2.05. The molecule has 3 rings (SSSR count). The van der Waals surface area contributed by atoms with Crippen LogP contribution in [0.5, 0.6) is 0 Å². The molecular weight excluding hydrogens is 275 g/mol. The van der Waals surface area contributed by atoms with E-state index >= 15 is 0 Å². The second-order valence-electron chi connectivity index (χ2n) is 6.80. The maximum Gasteiger partial charge on any atom is 0.128 e. The van der Waals surface area contributed by atoms with Crippen molar-refractivity contribution in [2.45, 2.75) is 39.8 Å². The molecule has 0 atom stereocenters. The zero-order valence-electron chi connectivity index (χ0n) is 13.7. The maximum atomic E-state index is 14.1. The molecule has 0 saturated carbocycles. The Morgan fingerprint density at radius 2 is 1.82 bits per heavy atom. The Hall–Kier alpha value is -2.03. The van der Waals surface area contributed by atoms with Crippen molar-refractivity contribution in [2.24, 2.45) is 0 Å². The fourth-order valence-electron chi connectivity index (χ4n) is 3.00. The van der Waals surface area contributed by atoms with Gasteiger partial charge in [-0.2, -0.15) is 0 Å². The van der Waals surface area contributed by atoms with Gasteiger partial charge >= 0.3 is 0 Å². The van der Waals surface area contributed by atoms with Crippen molar-refractivity contribution >= 4 is 11.4 Å². The minimum absolute atomic E-state index is 0.0724. The zero-order chi connectivity index (χ0) is 15.9. The smallest absolute Gasteiger partial charge is 0.128 e. The molecule has 22 heavy (non-hydrogen) atoms. The summed E-state index contributed by atoms with van der Waals surface area (Å²) < 4.78 is 14.1. The standard InChI is InChI=1S/C19H23FN2/c1-13-9-17-18(10-14(13)2)22(19(3,4)12-21-17)11-15-7-5-6-8-16(15)20/h5-10,21H,11-12H2,1-4H3. The number of rotatable bonds is 2. The molecule has 116 valence electrons. The summed E-state index contributed by atoms with van der Waals surface area (Å²) in [5.41, 5.74) is 5.49. The third kappa shape index (κ3) is 2.56. The lowest BCUT2D eigenvalue weighted by atomic mass is 9.94. The largest absolute Gasteiger partial charge is 0.381 e. The first-order valence-corrected chi connectivity index (χ1v) is 7.75. The predicted octanol–water partition coefficient (Wildman–Crippen LogP) is 4.65. The van der Waals surface area contributed by atoms with Crippen LogP contribution in [0.1, 0.15) is 30.5 Å². The quantitative estimate of drug-likeness (QED) is 0.868. The molecule has 1 heterocycles. The van der Waals surface area contributed by atoms with Crippen molar-refractivity contribution in [3.63, 3.8) is 0 Å². The van der Waals surface area contributed by atoms with Crippen LogP contribution in [0.25, 0.3) is 0 Å². The Morgan fingerprint density at radius 3 is 2.55 bits per heavy atom. The number of aryl methyl sites for hydroxylation is 2. The minimum atomic E-state index is -0.137. The van der Waals surface area contributed by atoms with Gasteiger partial charge in [-0.15, -0.1) is 0 Å². The first-order valence-electron chi connectivity index (χ1n) is 7.75. The molecule has 0 aliphatic carbocycles. The molecule has 0 spiro atoms.